The summed E-state index contributed by atoms with van der Waals surface area (Å²) in [5.41, 5.74) is 2.50. The number of aromatic nitrogens is 2. The van der Waals surface area contributed by atoms with Crippen LogP contribution in [0.2, 0.25) is 0 Å². The number of imidazole rings is 1. The summed E-state index contributed by atoms with van der Waals surface area (Å²) in [6.07, 6.45) is 0. The highest BCUT2D eigenvalue weighted by atomic mass is 19.1. The number of halogens is 1. The zero-order chi connectivity index (χ0) is 18.8. The van der Waals surface area contributed by atoms with Crippen LogP contribution >= 0.6 is 0 Å². The van der Waals surface area contributed by atoms with Crippen molar-refractivity contribution in [2.24, 2.45) is 0 Å². The summed E-state index contributed by atoms with van der Waals surface area (Å²) in [7, 11) is 0. The number of rotatable bonds is 5. The van der Waals surface area contributed by atoms with Crippen LogP contribution < -0.4 is 0 Å². The number of nitrogens with zero attached hydrogens (tertiary/aromatic N) is 3. The molecular weight excluding hydrogens is 329 g/mol. The van der Waals surface area contributed by atoms with Crippen molar-refractivity contribution in [3.05, 3.63) is 54.3 Å². The highest BCUT2D eigenvalue weighted by Crippen LogP contribution is 2.25. The molecule has 0 atom stereocenters. The van der Waals surface area contributed by atoms with E-state index in [1.807, 2.05) is 61.4 Å². The van der Waals surface area contributed by atoms with Crippen LogP contribution in [0, 0.1) is 5.82 Å². The van der Waals surface area contributed by atoms with Crippen LogP contribution in [0.4, 0.5) is 4.39 Å². The Morgan fingerprint density at radius 1 is 1.04 bits per heavy atom. The van der Waals surface area contributed by atoms with Crippen molar-refractivity contribution in [3.63, 3.8) is 0 Å². The van der Waals surface area contributed by atoms with Gasteiger partial charge < -0.3 is 9.47 Å². The molecule has 3 rings (SSSR count). The summed E-state index contributed by atoms with van der Waals surface area (Å²) in [5.74, 6) is 0.423. The number of benzene rings is 2. The van der Waals surface area contributed by atoms with Crippen LogP contribution in [-0.4, -0.2) is 32.4 Å². The molecule has 1 heterocycles. The van der Waals surface area contributed by atoms with Crippen LogP contribution in [0.5, 0.6) is 0 Å². The first-order valence-corrected chi connectivity index (χ1v) is 8.91. The van der Waals surface area contributed by atoms with Gasteiger partial charge in [-0.05, 0) is 64.1 Å². The van der Waals surface area contributed by atoms with E-state index in [1.54, 1.807) is 12.1 Å². The second kappa shape index (κ2) is 7.28. The molecule has 2 aromatic carbocycles. The lowest BCUT2D eigenvalue weighted by Gasteiger charge is -2.31. The molecule has 0 aliphatic carbocycles. The van der Waals surface area contributed by atoms with Gasteiger partial charge in [-0.1, -0.05) is 12.1 Å². The van der Waals surface area contributed by atoms with Crippen molar-refractivity contribution >= 4 is 16.9 Å². The largest absolute Gasteiger partial charge is 0.336 e. The first-order chi connectivity index (χ1) is 12.4. The number of fused-ring (bicyclic) bond motifs is 1. The topological polar surface area (TPSA) is 38.1 Å². The molecule has 0 aliphatic heterocycles. The Balaban J connectivity index is 2.07. The Hall–Kier alpha value is -2.69. The molecule has 4 nitrogen and oxygen atoms in total. The van der Waals surface area contributed by atoms with Crippen LogP contribution in [0.15, 0.2) is 48.5 Å². The first kappa shape index (κ1) is 18.1. The molecule has 0 saturated carbocycles. The monoisotopic (exact) mass is 353 g/mol. The predicted molar refractivity (Wildman–Crippen MR) is 102 cm³/mol. The van der Waals surface area contributed by atoms with E-state index in [9.17, 15) is 9.18 Å². The lowest BCUT2D eigenvalue weighted by molar-refractivity contribution is -0.135. The lowest BCUT2D eigenvalue weighted by Crippen LogP contribution is -2.43. The van der Waals surface area contributed by atoms with E-state index in [0.29, 0.717) is 5.82 Å². The standard InChI is InChI=1S/C21H24FN3O/c1-14(2)25(15(3)4)20(26)13-24-19-8-6-5-7-18(19)23-21(24)16-9-11-17(22)12-10-16/h5-12,14-15H,13H2,1-4H3. The summed E-state index contributed by atoms with van der Waals surface area (Å²) in [4.78, 5) is 19.6. The van der Waals surface area contributed by atoms with Gasteiger partial charge in [-0.2, -0.15) is 0 Å². The smallest absolute Gasteiger partial charge is 0.243 e. The van der Waals surface area contributed by atoms with Gasteiger partial charge in [0.1, 0.15) is 18.2 Å². The summed E-state index contributed by atoms with van der Waals surface area (Å²) in [6.45, 7) is 8.27. The number of amides is 1. The minimum absolute atomic E-state index is 0.0431. The number of hydrogen-bond acceptors (Lipinski definition) is 2. The maximum Gasteiger partial charge on any atom is 0.243 e. The molecule has 0 aliphatic rings. The summed E-state index contributed by atoms with van der Waals surface area (Å²) < 4.78 is 15.2. The minimum Gasteiger partial charge on any atom is -0.336 e. The molecule has 5 heteroatoms. The average Bonchev–Trinajstić information content (AvgIpc) is 2.93. The third kappa shape index (κ3) is 3.47. The van der Waals surface area contributed by atoms with Crippen LogP contribution in [0.25, 0.3) is 22.4 Å². The van der Waals surface area contributed by atoms with E-state index in [2.05, 4.69) is 4.98 Å². The molecule has 0 saturated heterocycles. The van der Waals surface area contributed by atoms with Gasteiger partial charge >= 0.3 is 0 Å². The maximum atomic E-state index is 13.3. The zero-order valence-electron chi connectivity index (χ0n) is 15.6. The van der Waals surface area contributed by atoms with Gasteiger partial charge in [0.15, 0.2) is 0 Å². The fraction of sp³-hybridized carbons (Fsp3) is 0.333. The fourth-order valence-electron chi connectivity index (χ4n) is 3.44. The molecule has 1 aromatic heterocycles. The zero-order valence-corrected chi connectivity index (χ0v) is 15.6. The number of para-hydroxylation sites is 2. The van der Waals surface area contributed by atoms with Crippen LogP contribution in [0.1, 0.15) is 27.7 Å². The molecule has 0 bridgehead atoms. The van der Waals surface area contributed by atoms with Gasteiger partial charge in [0.25, 0.3) is 0 Å². The fourth-order valence-corrected chi connectivity index (χ4v) is 3.44. The highest BCUT2D eigenvalue weighted by molar-refractivity contribution is 5.84. The SMILES string of the molecule is CC(C)N(C(=O)Cn1c(-c2ccc(F)cc2)nc2ccccc21)C(C)C. The van der Waals surface area contributed by atoms with Gasteiger partial charge in [-0.15, -0.1) is 0 Å². The van der Waals surface area contributed by atoms with Crippen molar-refractivity contribution in [2.45, 2.75) is 46.3 Å². The van der Waals surface area contributed by atoms with Crippen molar-refractivity contribution < 1.29 is 9.18 Å². The summed E-state index contributed by atoms with van der Waals surface area (Å²) >= 11 is 0. The molecule has 0 radical (unpaired) electrons. The van der Waals surface area contributed by atoms with Crippen molar-refractivity contribution in [1.82, 2.24) is 14.5 Å². The Labute approximate surface area is 153 Å². The second-order valence-corrected chi connectivity index (χ2v) is 7.01. The quantitative estimate of drug-likeness (QED) is 0.678. The second-order valence-electron chi connectivity index (χ2n) is 7.01. The first-order valence-electron chi connectivity index (χ1n) is 8.91. The summed E-state index contributed by atoms with van der Waals surface area (Å²) in [6, 6.07) is 14.2. The number of carbonyl (C=O) groups excluding carboxylic acids is 1. The number of hydrogen-bond donors (Lipinski definition) is 0. The molecule has 0 N–H and O–H groups in total. The Morgan fingerprint density at radius 3 is 2.27 bits per heavy atom. The Kier molecular flexibility index (Phi) is 5.07. The average molecular weight is 353 g/mol. The third-order valence-corrected chi connectivity index (χ3v) is 4.45. The highest BCUT2D eigenvalue weighted by Gasteiger charge is 2.23. The minimum atomic E-state index is -0.293. The Morgan fingerprint density at radius 2 is 1.65 bits per heavy atom. The van der Waals surface area contributed by atoms with Crippen LogP contribution in [0.3, 0.4) is 0 Å². The lowest BCUT2D eigenvalue weighted by atomic mass is 10.2. The van der Waals surface area contributed by atoms with Gasteiger partial charge in [-0.25, -0.2) is 9.37 Å². The van der Waals surface area contributed by atoms with Crippen molar-refractivity contribution in [1.29, 1.82) is 0 Å². The van der Waals surface area contributed by atoms with Gasteiger partial charge in [0, 0.05) is 17.6 Å². The molecule has 136 valence electrons. The molecule has 0 fully saturated rings. The van der Waals surface area contributed by atoms with E-state index in [0.717, 1.165) is 16.6 Å². The van der Waals surface area contributed by atoms with E-state index in [-0.39, 0.29) is 30.4 Å². The Bertz CT molecular complexity index is 905. The third-order valence-electron chi connectivity index (χ3n) is 4.45. The normalized spacial score (nSPS) is 11.5. The van der Waals surface area contributed by atoms with Crippen LogP contribution in [-0.2, 0) is 11.3 Å². The number of carbonyl (C=O) groups is 1. The molecule has 0 spiro atoms. The maximum absolute atomic E-state index is 13.3. The molecule has 3 aromatic rings. The van der Waals surface area contributed by atoms with E-state index < -0.39 is 0 Å². The van der Waals surface area contributed by atoms with Gasteiger partial charge in [-0.3, -0.25) is 4.79 Å². The van der Waals surface area contributed by atoms with E-state index >= 15 is 0 Å². The molecule has 0 unspecified atom stereocenters. The summed E-state index contributed by atoms with van der Waals surface area (Å²) in [5, 5.41) is 0. The van der Waals surface area contributed by atoms with Crippen molar-refractivity contribution in [3.8, 4) is 11.4 Å². The van der Waals surface area contributed by atoms with E-state index in [1.165, 1.54) is 12.1 Å². The van der Waals surface area contributed by atoms with Gasteiger partial charge in [0.05, 0.1) is 11.0 Å². The predicted octanol–water partition coefficient (Wildman–Crippen LogP) is 4.49. The van der Waals surface area contributed by atoms with Gasteiger partial charge in [0.2, 0.25) is 5.91 Å². The molecule has 26 heavy (non-hydrogen) atoms. The van der Waals surface area contributed by atoms with Crippen molar-refractivity contribution in [2.75, 3.05) is 0 Å². The molecule has 1 amide bonds. The molecular formula is C21H24FN3O. The van der Waals surface area contributed by atoms with E-state index in [4.69, 9.17) is 0 Å².